The van der Waals surface area contributed by atoms with E-state index in [4.69, 9.17) is 9.47 Å². The smallest absolute Gasteiger partial charge is 0.415 e. The molecule has 1 aliphatic heterocycles. The number of imidazole rings is 1. The number of hydrogen-bond acceptors (Lipinski definition) is 5. The van der Waals surface area contributed by atoms with Gasteiger partial charge in [-0.2, -0.15) is 5.26 Å². The Kier molecular flexibility index (Phi) is 4.78. The number of para-hydroxylation sites is 2. The molecule has 5 rings (SSSR count). The van der Waals surface area contributed by atoms with Gasteiger partial charge in [-0.1, -0.05) is 12.1 Å². The first-order valence-corrected chi connectivity index (χ1v) is 10.6. The van der Waals surface area contributed by atoms with Crippen LogP contribution in [-0.2, 0) is 11.3 Å². The number of rotatable bonds is 4. The molecule has 1 aliphatic carbocycles. The quantitative estimate of drug-likeness (QED) is 0.625. The fraction of sp³-hybridized carbons (Fsp3) is 0.375. The molecule has 2 unspecified atom stereocenters. The molecule has 0 bridgehead atoms. The summed E-state index contributed by atoms with van der Waals surface area (Å²) >= 11 is 0. The van der Waals surface area contributed by atoms with Gasteiger partial charge >= 0.3 is 6.09 Å². The van der Waals surface area contributed by atoms with E-state index < -0.39 is 5.60 Å². The average molecular weight is 416 g/mol. The van der Waals surface area contributed by atoms with Crippen LogP contribution < -0.4 is 9.64 Å². The average Bonchev–Trinajstić information content (AvgIpc) is 3.33. The Morgan fingerprint density at radius 1 is 1.32 bits per heavy atom. The molecule has 7 heteroatoms. The normalized spacial score (nSPS) is 23.2. The summed E-state index contributed by atoms with van der Waals surface area (Å²) in [6.45, 7) is 1.32. The molecule has 2 aliphatic rings. The van der Waals surface area contributed by atoms with Crippen LogP contribution >= 0.6 is 0 Å². The van der Waals surface area contributed by atoms with Gasteiger partial charge in [0.1, 0.15) is 11.4 Å². The molecule has 1 amide bonds. The molecule has 1 saturated heterocycles. The number of carbonyl (C=O) groups excluding carboxylic acids is 1. The van der Waals surface area contributed by atoms with E-state index in [-0.39, 0.29) is 6.09 Å². The lowest BCUT2D eigenvalue weighted by Gasteiger charge is -2.36. The molecule has 7 nitrogen and oxygen atoms in total. The van der Waals surface area contributed by atoms with E-state index in [1.165, 1.54) is 0 Å². The van der Waals surface area contributed by atoms with E-state index in [9.17, 15) is 10.1 Å². The zero-order valence-corrected chi connectivity index (χ0v) is 17.5. The highest BCUT2D eigenvalue weighted by atomic mass is 16.6. The van der Waals surface area contributed by atoms with E-state index >= 15 is 0 Å². The van der Waals surface area contributed by atoms with Crippen molar-refractivity contribution in [2.75, 3.05) is 18.6 Å². The van der Waals surface area contributed by atoms with Gasteiger partial charge in [0.15, 0.2) is 0 Å². The van der Waals surface area contributed by atoms with E-state index in [0.29, 0.717) is 23.8 Å². The zero-order chi connectivity index (χ0) is 21.4. The predicted octanol–water partition coefficient (Wildman–Crippen LogP) is 4.50. The van der Waals surface area contributed by atoms with Crippen molar-refractivity contribution < 1.29 is 14.3 Å². The molecule has 0 N–H and O–H groups in total. The largest absolute Gasteiger partial charge is 0.495 e. The zero-order valence-electron chi connectivity index (χ0n) is 17.5. The van der Waals surface area contributed by atoms with Gasteiger partial charge in [0.05, 0.1) is 48.3 Å². The van der Waals surface area contributed by atoms with Crippen LogP contribution in [0, 0.1) is 17.2 Å². The molecule has 1 spiro atoms. The summed E-state index contributed by atoms with van der Waals surface area (Å²) in [6, 6.07) is 15.3. The minimum atomic E-state index is -0.477. The lowest BCUT2D eigenvalue weighted by atomic mass is 9.78. The number of fused-ring (bicyclic) bond motifs is 1. The number of anilines is 1. The van der Waals surface area contributed by atoms with Crippen LogP contribution in [0.5, 0.6) is 5.75 Å². The van der Waals surface area contributed by atoms with E-state index in [1.807, 2.05) is 42.7 Å². The third-order valence-corrected chi connectivity index (χ3v) is 6.46. The maximum Gasteiger partial charge on any atom is 0.415 e. The van der Waals surface area contributed by atoms with Gasteiger partial charge in [-0.3, -0.25) is 4.90 Å². The summed E-state index contributed by atoms with van der Waals surface area (Å²) < 4.78 is 13.6. The van der Waals surface area contributed by atoms with Gasteiger partial charge in [0.2, 0.25) is 0 Å². The predicted molar refractivity (Wildman–Crippen MR) is 116 cm³/mol. The Hall–Kier alpha value is -3.53. The first-order valence-electron chi connectivity index (χ1n) is 10.6. The van der Waals surface area contributed by atoms with Crippen LogP contribution in [-0.4, -0.2) is 34.9 Å². The molecular formula is C24H24N4O3. The van der Waals surface area contributed by atoms with Gasteiger partial charge in [-0.05, 0) is 61.9 Å². The van der Waals surface area contributed by atoms with Gasteiger partial charge in [0.25, 0.3) is 0 Å². The van der Waals surface area contributed by atoms with Gasteiger partial charge in [-0.25, -0.2) is 9.78 Å². The second kappa shape index (κ2) is 7.62. The van der Waals surface area contributed by atoms with Crippen LogP contribution in [0.2, 0.25) is 0 Å². The molecule has 2 heterocycles. The summed E-state index contributed by atoms with van der Waals surface area (Å²) in [6.07, 6.45) is 5.29. The lowest BCUT2D eigenvalue weighted by molar-refractivity contribution is 0.00439. The van der Waals surface area contributed by atoms with Crippen molar-refractivity contribution in [2.24, 2.45) is 5.92 Å². The Balaban J connectivity index is 1.36. The number of aromatic nitrogens is 2. The third kappa shape index (κ3) is 3.48. The first-order chi connectivity index (χ1) is 15.1. The Labute approximate surface area is 180 Å². The summed E-state index contributed by atoms with van der Waals surface area (Å²) in [5.74, 6) is 1.03. The third-order valence-electron chi connectivity index (χ3n) is 6.46. The van der Waals surface area contributed by atoms with Crippen molar-refractivity contribution in [3.63, 3.8) is 0 Å². The molecule has 3 aromatic rings. The van der Waals surface area contributed by atoms with Crippen molar-refractivity contribution in [3.05, 3.63) is 54.4 Å². The fourth-order valence-corrected chi connectivity index (χ4v) is 5.05. The van der Waals surface area contributed by atoms with Crippen LogP contribution in [0.3, 0.4) is 0 Å². The molecule has 2 aromatic carbocycles. The summed E-state index contributed by atoms with van der Waals surface area (Å²) in [5, 5.41) is 9.23. The SMILES string of the molecule is COc1ccccc1N1CC2(CCCC(Cn3cnc4ccc(C#N)cc43)C2)OC1=O. The summed E-state index contributed by atoms with van der Waals surface area (Å²) in [5.41, 5.74) is 2.76. The Morgan fingerprint density at radius 3 is 3.03 bits per heavy atom. The number of hydrogen-bond donors (Lipinski definition) is 0. The number of carbonyl (C=O) groups is 1. The second-order valence-electron chi connectivity index (χ2n) is 8.48. The number of nitriles is 1. The molecule has 31 heavy (non-hydrogen) atoms. The Morgan fingerprint density at radius 2 is 2.19 bits per heavy atom. The lowest BCUT2D eigenvalue weighted by Crippen LogP contribution is -2.40. The number of ether oxygens (including phenoxy) is 2. The molecule has 2 atom stereocenters. The number of methoxy groups -OCH3 is 1. The molecular weight excluding hydrogens is 392 g/mol. The maximum atomic E-state index is 12.8. The Bertz CT molecular complexity index is 1180. The van der Waals surface area contributed by atoms with Crippen molar-refractivity contribution in [1.82, 2.24) is 9.55 Å². The summed E-state index contributed by atoms with van der Waals surface area (Å²) in [7, 11) is 1.61. The fourth-order valence-electron chi connectivity index (χ4n) is 5.05. The van der Waals surface area contributed by atoms with Gasteiger partial charge in [-0.15, -0.1) is 0 Å². The first kappa shape index (κ1) is 19.4. The van der Waals surface area contributed by atoms with E-state index in [0.717, 1.165) is 48.9 Å². The minimum absolute atomic E-state index is 0.308. The standard InChI is InChI=1S/C24H24N4O3/c1-30-22-7-3-2-6-20(22)28-15-24(31-23(28)29)10-4-5-18(12-24)14-27-16-26-19-9-8-17(13-25)11-21(19)27/h2-3,6-9,11,16,18H,4-5,10,12,14-15H2,1H3. The van der Waals surface area contributed by atoms with Crippen molar-refractivity contribution in [3.8, 4) is 11.8 Å². The molecule has 2 fully saturated rings. The van der Waals surface area contributed by atoms with E-state index in [1.54, 1.807) is 18.1 Å². The van der Waals surface area contributed by atoms with Gasteiger partial charge in [0, 0.05) is 6.54 Å². The highest BCUT2D eigenvalue weighted by Crippen LogP contribution is 2.43. The molecule has 0 radical (unpaired) electrons. The van der Waals surface area contributed by atoms with Crippen LogP contribution in [0.1, 0.15) is 31.2 Å². The van der Waals surface area contributed by atoms with Crippen LogP contribution in [0.25, 0.3) is 11.0 Å². The monoisotopic (exact) mass is 416 g/mol. The molecule has 1 aromatic heterocycles. The van der Waals surface area contributed by atoms with Gasteiger partial charge < -0.3 is 14.0 Å². The number of nitrogens with zero attached hydrogens (tertiary/aromatic N) is 4. The van der Waals surface area contributed by atoms with E-state index in [2.05, 4.69) is 15.6 Å². The summed E-state index contributed by atoms with van der Waals surface area (Å²) in [4.78, 5) is 19.0. The minimum Gasteiger partial charge on any atom is -0.495 e. The number of amides is 1. The molecule has 1 saturated carbocycles. The highest BCUT2D eigenvalue weighted by molar-refractivity contribution is 5.92. The van der Waals surface area contributed by atoms with Crippen molar-refractivity contribution in [2.45, 2.75) is 37.8 Å². The van der Waals surface area contributed by atoms with Crippen molar-refractivity contribution >= 4 is 22.8 Å². The molecule has 158 valence electrons. The topological polar surface area (TPSA) is 80.4 Å². The number of benzene rings is 2. The second-order valence-corrected chi connectivity index (χ2v) is 8.48. The van der Waals surface area contributed by atoms with Crippen LogP contribution in [0.15, 0.2) is 48.8 Å². The van der Waals surface area contributed by atoms with Crippen LogP contribution in [0.4, 0.5) is 10.5 Å². The maximum absolute atomic E-state index is 12.8. The highest BCUT2D eigenvalue weighted by Gasteiger charge is 2.49. The van der Waals surface area contributed by atoms with Crippen molar-refractivity contribution in [1.29, 1.82) is 5.26 Å².